The number of pyridine rings is 1. The quantitative estimate of drug-likeness (QED) is 0.606. The summed E-state index contributed by atoms with van der Waals surface area (Å²) in [5.41, 5.74) is 1.63. The van der Waals surface area contributed by atoms with Gasteiger partial charge < -0.3 is 14.4 Å². The number of nitriles is 1. The molecule has 1 aliphatic rings. The lowest BCUT2D eigenvalue weighted by Crippen LogP contribution is -2.46. The Kier molecular flexibility index (Phi) is 5.98. The van der Waals surface area contributed by atoms with Crippen LogP contribution in [0.2, 0.25) is 0 Å². The van der Waals surface area contributed by atoms with Crippen molar-refractivity contribution in [2.75, 3.05) is 25.0 Å². The van der Waals surface area contributed by atoms with Gasteiger partial charge in [-0.05, 0) is 47.9 Å². The first-order valence-electron chi connectivity index (χ1n) is 8.93. The van der Waals surface area contributed by atoms with E-state index in [2.05, 4.69) is 14.9 Å². The molecule has 0 aliphatic carbocycles. The van der Waals surface area contributed by atoms with Crippen LogP contribution in [0, 0.1) is 21.8 Å². The lowest BCUT2D eigenvalue weighted by atomic mass is 10.0. The second kappa shape index (κ2) is 8.26. The van der Waals surface area contributed by atoms with Gasteiger partial charge in [-0.15, -0.1) is 0 Å². The molecule has 3 rings (SSSR count). The molecule has 9 heteroatoms. The minimum Gasteiger partial charge on any atom is -0.341 e. The van der Waals surface area contributed by atoms with Crippen LogP contribution in [0.5, 0.6) is 0 Å². The number of hydrogen-bond donors (Lipinski definition) is 0. The average molecular weight is 492 g/mol. The van der Waals surface area contributed by atoms with E-state index in [1.165, 1.54) is 17.0 Å². The van der Waals surface area contributed by atoms with Gasteiger partial charge in [0.2, 0.25) is 5.95 Å². The van der Waals surface area contributed by atoms with Crippen LogP contribution in [0.25, 0.3) is 0 Å². The van der Waals surface area contributed by atoms with Crippen LogP contribution in [-0.2, 0) is 7.05 Å². The molecular formula is C19H21IN6O2. The third-order valence-corrected chi connectivity index (χ3v) is 6.45. The van der Waals surface area contributed by atoms with Crippen molar-refractivity contribution in [2.45, 2.75) is 25.8 Å². The molecule has 0 bridgehead atoms. The lowest BCUT2D eigenvalue weighted by molar-refractivity contribution is 0.0707. The number of nitrogens with zero attached hydrogens (tertiary/aromatic N) is 6. The number of piperidine rings is 1. The Hall–Kier alpha value is -2.48. The zero-order valence-corrected chi connectivity index (χ0v) is 18.2. The fourth-order valence-electron chi connectivity index (χ4n) is 3.35. The zero-order valence-electron chi connectivity index (χ0n) is 16.0. The molecule has 0 atom stereocenters. The molecule has 8 nitrogen and oxygen atoms in total. The van der Waals surface area contributed by atoms with Crippen molar-refractivity contribution in [1.29, 1.82) is 5.26 Å². The largest absolute Gasteiger partial charge is 0.341 e. The Morgan fingerprint density at radius 1 is 1.32 bits per heavy atom. The monoisotopic (exact) mass is 492 g/mol. The standard InChI is InChI=1S/C19H21IN6O2/c1-12-15(11-24(2)18(28)16(12)20)17(27)25(3)14-4-6-26(7-5-14)19-22-9-13(8-21)10-23-19/h9-11,14H,4-7H2,1-3H3. The number of rotatable bonds is 3. The van der Waals surface area contributed by atoms with E-state index in [0.29, 0.717) is 20.6 Å². The van der Waals surface area contributed by atoms with E-state index in [4.69, 9.17) is 5.26 Å². The van der Waals surface area contributed by atoms with Gasteiger partial charge in [0.05, 0.1) is 27.1 Å². The van der Waals surface area contributed by atoms with Crippen LogP contribution in [-0.4, -0.2) is 51.5 Å². The van der Waals surface area contributed by atoms with E-state index in [0.717, 1.165) is 31.5 Å². The molecule has 0 aromatic carbocycles. The summed E-state index contributed by atoms with van der Waals surface area (Å²) in [7, 11) is 3.48. The van der Waals surface area contributed by atoms with E-state index in [1.807, 2.05) is 42.6 Å². The van der Waals surface area contributed by atoms with Gasteiger partial charge in [0.25, 0.3) is 11.5 Å². The number of aryl methyl sites for hydroxylation is 1. The van der Waals surface area contributed by atoms with Crippen molar-refractivity contribution in [3.63, 3.8) is 0 Å². The zero-order chi connectivity index (χ0) is 20.4. The third-order valence-electron chi connectivity index (χ3n) is 5.18. The molecule has 0 saturated carbocycles. The Labute approximate surface area is 176 Å². The second-order valence-corrected chi connectivity index (χ2v) is 7.99. The molecule has 0 N–H and O–H groups in total. The van der Waals surface area contributed by atoms with Gasteiger partial charge >= 0.3 is 0 Å². The van der Waals surface area contributed by atoms with Crippen molar-refractivity contribution in [1.82, 2.24) is 19.4 Å². The van der Waals surface area contributed by atoms with E-state index < -0.39 is 0 Å². The molecule has 146 valence electrons. The fourth-order valence-corrected chi connectivity index (χ4v) is 4.02. The van der Waals surface area contributed by atoms with Crippen molar-refractivity contribution in [3.8, 4) is 6.07 Å². The molecule has 1 fully saturated rings. The van der Waals surface area contributed by atoms with Crippen LogP contribution in [0.15, 0.2) is 23.4 Å². The Morgan fingerprint density at radius 3 is 2.50 bits per heavy atom. The van der Waals surface area contributed by atoms with Crippen LogP contribution in [0.4, 0.5) is 5.95 Å². The number of anilines is 1. The summed E-state index contributed by atoms with van der Waals surface area (Å²) in [6.45, 7) is 3.28. The molecule has 1 aliphatic heterocycles. The first-order valence-corrected chi connectivity index (χ1v) is 10.0. The predicted molar refractivity (Wildman–Crippen MR) is 113 cm³/mol. The number of halogens is 1. The number of aromatic nitrogens is 3. The van der Waals surface area contributed by atoms with E-state index >= 15 is 0 Å². The summed E-state index contributed by atoms with van der Waals surface area (Å²) >= 11 is 2.00. The van der Waals surface area contributed by atoms with E-state index in [-0.39, 0.29) is 17.5 Å². The van der Waals surface area contributed by atoms with Gasteiger partial charge in [-0.2, -0.15) is 5.26 Å². The fraction of sp³-hybridized carbons (Fsp3) is 0.421. The summed E-state index contributed by atoms with van der Waals surface area (Å²) < 4.78 is 2.04. The molecule has 0 spiro atoms. The third kappa shape index (κ3) is 3.87. The Bertz CT molecular complexity index is 987. The summed E-state index contributed by atoms with van der Waals surface area (Å²) in [4.78, 5) is 37.4. The Balaban J connectivity index is 1.70. The smallest absolute Gasteiger partial charge is 0.264 e. The van der Waals surface area contributed by atoms with Crippen LogP contribution in [0.1, 0.15) is 34.3 Å². The number of hydrogen-bond acceptors (Lipinski definition) is 6. The maximum atomic E-state index is 13.0. The topological polar surface area (TPSA) is 95.1 Å². The highest BCUT2D eigenvalue weighted by molar-refractivity contribution is 14.1. The van der Waals surface area contributed by atoms with Crippen molar-refractivity contribution in [2.24, 2.45) is 7.05 Å². The van der Waals surface area contributed by atoms with Gasteiger partial charge in [0, 0.05) is 39.4 Å². The van der Waals surface area contributed by atoms with Crippen molar-refractivity contribution in [3.05, 3.63) is 49.2 Å². The first-order chi connectivity index (χ1) is 13.3. The summed E-state index contributed by atoms with van der Waals surface area (Å²) in [5, 5.41) is 8.85. The number of carbonyl (C=O) groups is 1. The Morgan fingerprint density at radius 2 is 1.93 bits per heavy atom. The molecule has 2 aromatic rings. The van der Waals surface area contributed by atoms with Gasteiger partial charge in [-0.3, -0.25) is 9.59 Å². The van der Waals surface area contributed by atoms with E-state index in [9.17, 15) is 9.59 Å². The molecule has 1 saturated heterocycles. The SMILES string of the molecule is Cc1c(C(=O)N(C)C2CCN(c3ncc(C#N)cn3)CC2)cn(C)c(=O)c1I. The van der Waals surface area contributed by atoms with Crippen LogP contribution < -0.4 is 10.5 Å². The highest BCUT2D eigenvalue weighted by Crippen LogP contribution is 2.22. The molecule has 0 radical (unpaired) electrons. The first kappa shape index (κ1) is 20.3. The molecule has 28 heavy (non-hydrogen) atoms. The molecule has 2 aromatic heterocycles. The minimum absolute atomic E-state index is 0.0703. The highest BCUT2D eigenvalue weighted by Gasteiger charge is 2.28. The lowest BCUT2D eigenvalue weighted by Gasteiger charge is -2.37. The van der Waals surface area contributed by atoms with Crippen molar-refractivity contribution >= 4 is 34.4 Å². The maximum absolute atomic E-state index is 13.0. The summed E-state index contributed by atoms with van der Waals surface area (Å²) in [6, 6.07) is 2.12. The molecule has 3 heterocycles. The predicted octanol–water partition coefficient (Wildman–Crippen LogP) is 1.70. The number of carbonyl (C=O) groups excluding carboxylic acids is 1. The van der Waals surface area contributed by atoms with Crippen LogP contribution >= 0.6 is 22.6 Å². The van der Waals surface area contributed by atoms with Gasteiger partial charge in [-0.1, -0.05) is 0 Å². The highest BCUT2D eigenvalue weighted by atomic mass is 127. The summed E-state index contributed by atoms with van der Waals surface area (Å²) in [6.07, 6.45) is 6.27. The summed E-state index contributed by atoms with van der Waals surface area (Å²) in [5.74, 6) is 0.536. The molecule has 1 amide bonds. The average Bonchev–Trinajstić information content (AvgIpc) is 2.74. The van der Waals surface area contributed by atoms with Crippen LogP contribution in [0.3, 0.4) is 0 Å². The number of amides is 1. The normalized spacial score (nSPS) is 14.6. The van der Waals surface area contributed by atoms with E-state index in [1.54, 1.807) is 18.1 Å². The molecular weight excluding hydrogens is 471 g/mol. The van der Waals surface area contributed by atoms with Crippen molar-refractivity contribution < 1.29 is 4.79 Å². The second-order valence-electron chi connectivity index (χ2n) is 6.92. The molecule has 0 unspecified atom stereocenters. The van der Waals surface area contributed by atoms with Gasteiger partial charge in [0.15, 0.2) is 0 Å². The van der Waals surface area contributed by atoms with Gasteiger partial charge in [-0.25, -0.2) is 9.97 Å². The maximum Gasteiger partial charge on any atom is 0.264 e. The minimum atomic E-state index is -0.0898. The van der Waals surface area contributed by atoms with Gasteiger partial charge in [0.1, 0.15) is 6.07 Å².